The Morgan fingerprint density at radius 3 is 2.38 bits per heavy atom. The van der Waals surface area contributed by atoms with E-state index in [2.05, 4.69) is 31.2 Å². The maximum absolute atomic E-state index is 13.0. The molecule has 0 unspecified atom stereocenters. The molecule has 2 spiro atoms. The van der Waals surface area contributed by atoms with E-state index in [0.29, 0.717) is 23.2 Å². The largest absolute Gasteiger partial charge is 0.382 e. The fraction of sp³-hybridized carbons (Fsp3) is 0.760. The highest BCUT2D eigenvalue weighted by molar-refractivity contribution is 5.77. The van der Waals surface area contributed by atoms with Gasteiger partial charge in [-0.05, 0) is 69.8 Å². The van der Waals surface area contributed by atoms with Crippen molar-refractivity contribution in [3.63, 3.8) is 0 Å². The van der Waals surface area contributed by atoms with Crippen LogP contribution in [0.2, 0.25) is 0 Å². The number of rotatable bonds is 5. The molecule has 9 heteroatoms. The molecule has 0 atom stereocenters. The SMILES string of the molecule is O=C(N1CC2(CC(Cc3cc(C4CC4)n[nH]3)C2)C1)N1CC2(CC(n3cnc(C4(O)CC4)n3)C2)C1. The van der Waals surface area contributed by atoms with Gasteiger partial charge in [0.1, 0.15) is 11.9 Å². The summed E-state index contributed by atoms with van der Waals surface area (Å²) in [4.78, 5) is 21.4. The maximum Gasteiger partial charge on any atom is 0.320 e. The molecule has 6 aliphatic rings. The molecule has 0 bridgehead atoms. The van der Waals surface area contributed by atoms with Gasteiger partial charge in [-0.1, -0.05) is 0 Å². The van der Waals surface area contributed by atoms with Crippen molar-refractivity contribution in [3.05, 3.63) is 29.6 Å². The van der Waals surface area contributed by atoms with Crippen molar-refractivity contribution in [3.8, 4) is 0 Å². The molecular weight excluding hydrogens is 430 g/mol. The summed E-state index contributed by atoms with van der Waals surface area (Å²) in [6, 6.07) is 2.88. The topological polar surface area (TPSA) is 103 Å². The van der Waals surface area contributed by atoms with E-state index in [0.717, 1.165) is 64.2 Å². The molecule has 2 N–H and O–H groups in total. The number of aromatic amines is 1. The quantitative estimate of drug-likeness (QED) is 0.709. The van der Waals surface area contributed by atoms with Crippen LogP contribution >= 0.6 is 0 Å². The number of hydrogen-bond acceptors (Lipinski definition) is 5. The Hall–Kier alpha value is -2.42. The molecule has 2 amide bonds. The number of nitrogens with zero attached hydrogens (tertiary/aromatic N) is 6. The molecule has 4 aliphatic carbocycles. The van der Waals surface area contributed by atoms with Crippen LogP contribution in [-0.4, -0.2) is 72.1 Å². The first-order valence-electron chi connectivity index (χ1n) is 13.1. The van der Waals surface area contributed by atoms with E-state index in [1.165, 1.54) is 37.1 Å². The molecule has 8 rings (SSSR count). The van der Waals surface area contributed by atoms with Crippen molar-refractivity contribution < 1.29 is 9.90 Å². The second kappa shape index (κ2) is 6.42. The summed E-state index contributed by atoms with van der Waals surface area (Å²) in [5.74, 6) is 2.03. The Labute approximate surface area is 198 Å². The van der Waals surface area contributed by atoms with Crippen LogP contribution in [0.5, 0.6) is 0 Å². The number of aromatic nitrogens is 5. The average Bonchev–Trinajstić information content (AvgIpc) is 3.58. The first-order valence-corrected chi connectivity index (χ1v) is 13.1. The minimum Gasteiger partial charge on any atom is -0.382 e. The minimum atomic E-state index is -0.764. The highest BCUT2D eigenvalue weighted by atomic mass is 16.3. The van der Waals surface area contributed by atoms with Gasteiger partial charge in [0.15, 0.2) is 5.82 Å². The molecule has 9 nitrogen and oxygen atoms in total. The summed E-state index contributed by atoms with van der Waals surface area (Å²) in [6.07, 6.45) is 11.6. The van der Waals surface area contributed by atoms with E-state index in [1.807, 2.05) is 9.58 Å². The van der Waals surface area contributed by atoms with Gasteiger partial charge in [0, 0.05) is 48.6 Å². The second-order valence-electron chi connectivity index (χ2n) is 12.7. The minimum absolute atomic E-state index is 0.241. The van der Waals surface area contributed by atoms with Crippen LogP contribution in [0.25, 0.3) is 0 Å². The number of amides is 2. The lowest BCUT2D eigenvalue weighted by atomic mass is 9.56. The van der Waals surface area contributed by atoms with Crippen LogP contribution in [0.3, 0.4) is 0 Å². The van der Waals surface area contributed by atoms with Crippen molar-refractivity contribution in [1.82, 2.24) is 34.8 Å². The van der Waals surface area contributed by atoms with Crippen LogP contribution in [0.4, 0.5) is 4.79 Å². The summed E-state index contributed by atoms with van der Waals surface area (Å²) in [6.45, 7) is 3.64. The number of aliphatic hydroxyl groups is 1. The van der Waals surface area contributed by atoms with Gasteiger partial charge in [-0.2, -0.15) is 10.2 Å². The van der Waals surface area contributed by atoms with E-state index in [9.17, 15) is 9.90 Å². The monoisotopic (exact) mass is 463 g/mol. The van der Waals surface area contributed by atoms with Gasteiger partial charge in [0.25, 0.3) is 0 Å². The van der Waals surface area contributed by atoms with Gasteiger partial charge in [-0.25, -0.2) is 14.5 Å². The summed E-state index contributed by atoms with van der Waals surface area (Å²) < 4.78 is 1.93. The Morgan fingerprint density at radius 2 is 1.74 bits per heavy atom. The molecule has 2 saturated heterocycles. The zero-order valence-electron chi connectivity index (χ0n) is 19.6. The van der Waals surface area contributed by atoms with Crippen LogP contribution in [0, 0.1) is 16.7 Å². The third-order valence-corrected chi connectivity index (χ3v) is 9.60. The Morgan fingerprint density at radius 1 is 1.06 bits per heavy atom. The summed E-state index contributed by atoms with van der Waals surface area (Å²) in [7, 11) is 0. The van der Waals surface area contributed by atoms with E-state index < -0.39 is 5.60 Å². The van der Waals surface area contributed by atoms with Crippen molar-refractivity contribution in [2.24, 2.45) is 16.7 Å². The predicted molar refractivity (Wildman–Crippen MR) is 122 cm³/mol. The zero-order valence-corrected chi connectivity index (χ0v) is 19.6. The molecule has 0 radical (unpaired) electrons. The van der Waals surface area contributed by atoms with Gasteiger partial charge in [0.2, 0.25) is 0 Å². The van der Waals surface area contributed by atoms with Crippen LogP contribution in [0.1, 0.15) is 80.5 Å². The number of hydrogen-bond donors (Lipinski definition) is 2. The highest BCUT2D eigenvalue weighted by Gasteiger charge is 2.58. The number of carbonyl (C=O) groups excluding carboxylic acids is 1. The Bertz CT molecular complexity index is 1130. The maximum atomic E-state index is 13.0. The molecule has 180 valence electrons. The summed E-state index contributed by atoms with van der Waals surface area (Å²) >= 11 is 0. The Balaban J connectivity index is 0.784. The van der Waals surface area contributed by atoms with Gasteiger partial charge in [-0.15, -0.1) is 0 Å². The predicted octanol–water partition coefficient (Wildman–Crippen LogP) is 2.57. The number of carbonyl (C=O) groups is 1. The number of likely N-dealkylation sites (tertiary alicyclic amines) is 2. The first-order chi connectivity index (χ1) is 16.4. The molecule has 2 aromatic heterocycles. The van der Waals surface area contributed by atoms with Crippen LogP contribution < -0.4 is 0 Å². The molecule has 6 fully saturated rings. The standard InChI is InChI=1S/C25H33N7O2/c33-22(30-11-23(12-30)7-16(8-23)5-18-6-20(28-27-18)17-1-2-17)31-13-24(14-31)9-19(10-24)32-15-26-21(29-32)25(34)3-4-25/h6,15-17,19,34H,1-5,7-14H2,(H,27,28). The second-order valence-corrected chi connectivity index (χ2v) is 12.7. The lowest BCUT2D eigenvalue weighted by molar-refractivity contribution is -0.107. The fourth-order valence-corrected chi connectivity index (χ4v) is 7.34. The molecule has 34 heavy (non-hydrogen) atoms. The lowest BCUT2D eigenvalue weighted by Crippen LogP contribution is -2.71. The van der Waals surface area contributed by atoms with Crippen LogP contribution in [-0.2, 0) is 12.0 Å². The van der Waals surface area contributed by atoms with Crippen molar-refractivity contribution in [2.45, 2.75) is 75.3 Å². The van der Waals surface area contributed by atoms with E-state index >= 15 is 0 Å². The molecule has 2 aliphatic heterocycles. The molecule has 4 saturated carbocycles. The van der Waals surface area contributed by atoms with Crippen LogP contribution in [0.15, 0.2) is 12.4 Å². The third-order valence-electron chi connectivity index (χ3n) is 9.60. The molecular formula is C25H33N7O2. The number of H-pyrrole nitrogens is 1. The number of urea groups is 1. The number of nitrogens with one attached hydrogen (secondary N) is 1. The molecule has 4 heterocycles. The van der Waals surface area contributed by atoms with Gasteiger partial charge in [0.05, 0.1) is 11.7 Å². The summed E-state index contributed by atoms with van der Waals surface area (Å²) in [5, 5.41) is 22.5. The first kappa shape index (κ1) is 19.8. The zero-order chi connectivity index (χ0) is 22.7. The average molecular weight is 464 g/mol. The highest BCUT2D eigenvalue weighted by Crippen LogP contribution is 2.56. The van der Waals surface area contributed by atoms with Gasteiger partial charge < -0.3 is 14.9 Å². The van der Waals surface area contributed by atoms with E-state index in [1.54, 1.807) is 6.33 Å². The normalized spacial score (nSPS) is 28.4. The Kier molecular flexibility index (Phi) is 3.74. The fourth-order valence-electron chi connectivity index (χ4n) is 7.34. The lowest BCUT2D eigenvalue weighted by Gasteiger charge is -2.63. The van der Waals surface area contributed by atoms with E-state index in [4.69, 9.17) is 0 Å². The van der Waals surface area contributed by atoms with Crippen molar-refractivity contribution in [2.75, 3.05) is 26.2 Å². The molecule has 2 aromatic rings. The van der Waals surface area contributed by atoms with E-state index in [-0.39, 0.29) is 11.4 Å². The van der Waals surface area contributed by atoms with Gasteiger partial charge >= 0.3 is 6.03 Å². The smallest absolute Gasteiger partial charge is 0.320 e. The third kappa shape index (κ3) is 3.01. The van der Waals surface area contributed by atoms with Gasteiger partial charge in [-0.3, -0.25) is 5.10 Å². The molecule has 0 aromatic carbocycles. The van der Waals surface area contributed by atoms with Crippen molar-refractivity contribution in [1.29, 1.82) is 0 Å². The summed E-state index contributed by atoms with van der Waals surface area (Å²) in [5.41, 5.74) is 2.46. The van der Waals surface area contributed by atoms with Crippen molar-refractivity contribution >= 4 is 6.03 Å².